The lowest BCUT2D eigenvalue weighted by atomic mass is 10.1. The van der Waals surface area contributed by atoms with Crippen molar-refractivity contribution in [1.82, 2.24) is 0 Å². The van der Waals surface area contributed by atoms with E-state index in [-0.39, 0.29) is 5.57 Å². The summed E-state index contributed by atoms with van der Waals surface area (Å²) in [5.41, 5.74) is 2.31. The van der Waals surface area contributed by atoms with Crippen LogP contribution in [0.2, 0.25) is 0 Å². The van der Waals surface area contributed by atoms with E-state index in [1.165, 1.54) is 6.08 Å². The first-order chi connectivity index (χ1) is 13.5. The van der Waals surface area contributed by atoms with E-state index in [0.717, 1.165) is 12.0 Å². The molecule has 0 unspecified atom stereocenters. The fourth-order valence-corrected chi connectivity index (χ4v) is 2.92. The van der Waals surface area contributed by atoms with Gasteiger partial charge in [-0.05, 0) is 61.7 Å². The summed E-state index contributed by atoms with van der Waals surface area (Å²) >= 11 is 3.49. The van der Waals surface area contributed by atoms with E-state index in [1.54, 1.807) is 18.2 Å². The number of nitrogens with zero attached hydrogens (tertiary/aromatic N) is 1. The zero-order valence-electron chi connectivity index (χ0n) is 16.2. The van der Waals surface area contributed by atoms with E-state index < -0.39 is 5.91 Å². The molecule has 1 N–H and O–H groups in total. The van der Waals surface area contributed by atoms with Crippen LogP contribution in [0.25, 0.3) is 6.08 Å². The molecule has 6 heteroatoms. The van der Waals surface area contributed by atoms with Crippen molar-refractivity contribution < 1.29 is 14.3 Å². The van der Waals surface area contributed by atoms with Crippen LogP contribution in [0, 0.1) is 18.3 Å². The maximum atomic E-state index is 12.5. The molecule has 0 aliphatic carbocycles. The number of nitrogens with one attached hydrogen (secondary N) is 1. The van der Waals surface area contributed by atoms with Gasteiger partial charge >= 0.3 is 0 Å². The van der Waals surface area contributed by atoms with Crippen LogP contribution in [-0.4, -0.2) is 19.1 Å². The highest BCUT2D eigenvalue weighted by molar-refractivity contribution is 9.10. The van der Waals surface area contributed by atoms with Crippen molar-refractivity contribution in [2.75, 3.05) is 18.5 Å². The van der Waals surface area contributed by atoms with Crippen molar-refractivity contribution in [2.24, 2.45) is 0 Å². The molecule has 2 aromatic rings. The van der Waals surface area contributed by atoms with Gasteiger partial charge in [-0.15, -0.1) is 0 Å². The third-order valence-corrected chi connectivity index (χ3v) is 4.45. The normalized spacial score (nSPS) is 10.9. The summed E-state index contributed by atoms with van der Waals surface area (Å²) in [6.45, 7) is 6.90. The number of anilines is 1. The molecular weight excluding hydrogens is 420 g/mol. The smallest absolute Gasteiger partial charge is 0.266 e. The minimum Gasteiger partial charge on any atom is -0.490 e. The third-order valence-electron chi connectivity index (χ3n) is 3.77. The molecule has 5 nitrogen and oxygen atoms in total. The second-order valence-corrected chi connectivity index (χ2v) is 6.95. The molecule has 0 aromatic heterocycles. The molecule has 2 aromatic carbocycles. The predicted molar refractivity (Wildman–Crippen MR) is 114 cm³/mol. The maximum absolute atomic E-state index is 12.5. The number of carbonyl (C=O) groups excluding carboxylic acids is 1. The second-order valence-electron chi connectivity index (χ2n) is 6.10. The number of hydrogen-bond acceptors (Lipinski definition) is 4. The Hall–Kier alpha value is -2.78. The number of rotatable bonds is 8. The first kappa shape index (κ1) is 21.5. The lowest BCUT2D eigenvalue weighted by Gasteiger charge is -2.13. The van der Waals surface area contributed by atoms with E-state index >= 15 is 0 Å². The molecule has 0 atom stereocenters. The number of amides is 1. The number of ether oxygens (including phenoxy) is 2. The average Bonchev–Trinajstić information content (AvgIpc) is 2.66. The van der Waals surface area contributed by atoms with Gasteiger partial charge in [0.15, 0.2) is 11.5 Å². The second kappa shape index (κ2) is 10.5. The van der Waals surface area contributed by atoms with Gasteiger partial charge in [0.2, 0.25) is 0 Å². The van der Waals surface area contributed by atoms with Gasteiger partial charge < -0.3 is 14.8 Å². The fraction of sp³-hybridized carbons (Fsp3) is 0.273. The van der Waals surface area contributed by atoms with Crippen LogP contribution < -0.4 is 14.8 Å². The van der Waals surface area contributed by atoms with Crippen LogP contribution in [0.1, 0.15) is 31.4 Å². The Morgan fingerprint density at radius 3 is 2.61 bits per heavy atom. The largest absolute Gasteiger partial charge is 0.490 e. The van der Waals surface area contributed by atoms with Crippen LogP contribution >= 0.6 is 15.9 Å². The molecule has 0 saturated heterocycles. The Labute approximate surface area is 174 Å². The lowest BCUT2D eigenvalue weighted by Crippen LogP contribution is -2.13. The van der Waals surface area contributed by atoms with Gasteiger partial charge in [-0.2, -0.15) is 5.26 Å². The minimum atomic E-state index is -0.468. The van der Waals surface area contributed by atoms with Gasteiger partial charge in [-0.3, -0.25) is 4.79 Å². The zero-order valence-corrected chi connectivity index (χ0v) is 17.8. The van der Waals surface area contributed by atoms with E-state index in [0.29, 0.717) is 40.4 Å². The highest BCUT2D eigenvalue weighted by Crippen LogP contribution is 2.35. The van der Waals surface area contributed by atoms with Crippen LogP contribution in [0.15, 0.2) is 46.4 Å². The van der Waals surface area contributed by atoms with Gasteiger partial charge in [-0.1, -0.05) is 35.0 Å². The molecule has 0 fully saturated rings. The third kappa shape index (κ3) is 5.86. The summed E-state index contributed by atoms with van der Waals surface area (Å²) in [7, 11) is 0. The minimum absolute atomic E-state index is 0.00752. The van der Waals surface area contributed by atoms with Gasteiger partial charge in [-0.25, -0.2) is 0 Å². The first-order valence-corrected chi connectivity index (χ1v) is 9.86. The highest BCUT2D eigenvalue weighted by atomic mass is 79.9. The number of aryl methyl sites for hydroxylation is 1. The van der Waals surface area contributed by atoms with Gasteiger partial charge in [0.1, 0.15) is 11.6 Å². The van der Waals surface area contributed by atoms with Gasteiger partial charge in [0, 0.05) is 10.2 Å². The van der Waals surface area contributed by atoms with E-state index in [9.17, 15) is 10.1 Å². The van der Waals surface area contributed by atoms with E-state index in [4.69, 9.17) is 9.47 Å². The lowest BCUT2D eigenvalue weighted by molar-refractivity contribution is -0.112. The van der Waals surface area contributed by atoms with Gasteiger partial charge in [0.05, 0.1) is 13.2 Å². The molecule has 0 radical (unpaired) electrons. The zero-order chi connectivity index (χ0) is 20.5. The number of hydrogen-bond donors (Lipinski definition) is 1. The standard InChI is InChI=1S/C22H23BrN2O3/c1-4-9-28-21-13-19(23)16(12-20(21)27-5-2)11-17(14-24)22(26)25-18-8-6-7-15(3)10-18/h6-8,10-13H,4-5,9H2,1-3H3,(H,25,26)/b17-11+. The molecule has 0 heterocycles. The summed E-state index contributed by atoms with van der Waals surface area (Å²) < 4.78 is 12.1. The van der Waals surface area contributed by atoms with E-state index in [2.05, 4.69) is 21.2 Å². The molecule has 0 saturated carbocycles. The molecule has 146 valence electrons. The Balaban J connectivity index is 2.33. The van der Waals surface area contributed by atoms with Crippen LogP contribution in [0.3, 0.4) is 0 Å². The topological polar surface area (TPSA) is 71.3 Å². The van der Waals surface area contributed by atoms with Crippen molar-refractivity contribution in [3.63, 3.8) is 0 Å². The van der Waals surface area contributed by atoms with Crippen LogP contribution in [-0.2, 0) is 4.79 Å². The van der Waals surface area contributed by atoms with Crippen molar-refractivity contribution in [2.45, 2.75) is 27.2 Å². The Kier molecular flexibility index (Phi) is 8.09. The Bertz CT molecular complexity index is 916. The summed E-state index contributed by atoms with van der Waals surface area (Å²) in [4.78, 5) is 12.5. The first-order valence-electron chi connectivity index (χ1n) is 9.07. The fourth-order valence-electron chi connectivity index (χ4n) is 2.48. The molecule has 28 heavy (non-hydrogen) atoms. The Morgan fingerprint density at radius 1 is 1.21 bits per heavy atom. The molecule has 0 spiro atoms. The van der Waals surface area contributed by atoms with Crippen LogP contribution in [0.5, 0.6) is 11.5 Å². The Morgan fingerprint density at radius 2 is 1.96 bits per heavy atom. The van der Waals surface area contributed by atoms with Gasteiger partial charge in [0.25, 0.3) is 5.91 Å². The van der Waals surface area contributed by atoms with Crippen molar-refractivity contribution in [3.05, 3.63) is 57.6 Å². The maximum Gasteiger partial charge on any atom is 0.266 e. The quantitative estimate of drug-likeness (QED) is 0.433. The number of nitriles is 1. The molecular formula is C22H23BrN2O3. The summed E-state index contributed by atoms with van der Waals surface area (Å²) in [6, 6.07) is 12.9. The summed E-state index contributed by atoms with van der Waals surface area (Å²) in [6.07, 6.45) is 2.41. The predicted octanol–water partition coefficient (Wildman–Crippen LogP) is 5.49. The van der Waals surface area contributed by atoms with Crippen molar-refractivity contribution in [1.29, 1.82) is 5.26 Å². The SMILES string of the molecule is CCCOc1cc(Br)c(/C=C(\C#N)C(=O)Nc2cccc(C)c2)cc1OCC. The monoisotopic (exact) mass is 442 g/mol. The summed E-state index contributed by atoms with van der Waals surface area (Å²) in [5, 5.41) is 12.2. The molecule has 2 rings (SSSR count). The average molecular weight is 443 g/mol. The molecule has 0 aliphatic heterocycles. The molecule has 0 bridgehead atoms. The summed E-state index contributed by atoms with van der Waals surface area (Å²) in [5.74, 6) is 0.724. The number of benzene rings is 2. The molecule has 1 amide bonds. The van der Waals surface area contributed by atoms with Crippen molar-refractivity contribution >= 4 is 33.6 Å². The molecule has 0 aliphatic rings. The van der Waals surface area contributed by atoms with Crippen LogP contribution in [0.4, 0.5) is 5.69 Å². The van der Waals surface area contributed by atoms with E-state index in [1.807, 2.05) is 45.0 Å². The number of halogens is 1. The van der Waals surface area contributed by atoms with Crippen molar-refractivity contribution in [3.8, 4) is 17.6 Å². The highest BCUT2D eigenvalue weighted by Gasteiger charge is 2.14. The number of carbonyl (C=O) groups is 1.